The molecule has 0 radical (unpaired) electrons. The number of nitrogens with one attached hydrogen (secondary N) is 1. The molecule has 0 aliphatic rings. The predicted octanol–water partition coefficient (Wildman–Crippen LogP) is 3.62. The van der Waals surface area contributed by atoms with Crippen molar-refractivity contribution < 1.29 is 4.79 Å². The molecule has 0 spiro atoms. The maximum Gasteiger partial charge on any atom is 0.262 e. The van der Waals surface area contributed by atoms with Crippen LogP contribution in [0.25, 0.3) is 10.9 Å². The third-order valence-corrected chi connectivity index (χ3v) is 5.03. The van der Waals surface area contributed by atoms with E-state index >= 15 is 0 Å². The van der Waals surface area contributed by atoms with Crippen molar-refractivity contribution in [3.63, 3.8) is 0 Å². The van der Waals surface area contributed by atoms with Crippen molar-refractivity contribution in [2.24, 2.45) is 5.92 Å². The van der Waals surface area contributed by atoms with Gasteiger partial charge in [-0.15, -0.1) is 0 Å². The molecule has 1 N–H and O–H groups in total. The fourth-order valence-electron chi connectivity index (χ4n) is 2.50. The summed E-state index contributed by atoms with van der Waals surface area (Å²) in [6.07, 6.45) is 0.952. The Morgan fingerprint density at radius 2 is 1.88 bits per heavy atom. The molecule has 6 heteroatoms. The summed E-state index contributed by atoms with van der Waals surface area (Å²) in [5, 5.41) is 3.84. The first-order valence-corrected chi connectivity index (χ1v) is 9.64. The van der Waals surface area contributed by atoms with Gasteiger partial charge in [0.1, 0.15) is 0 Å². The maximum atomic E-state index is 12.8. The van der Waals surface area contributed by atoms with E-state index in [1.165, 1.54) is 11.8 Å². The SMILES string of the molecule is CC(C)CCNC(=O)C(C)Sc1nc2ccccc2c(=O)n1C(C)C. The molecule has 25 heavy (non-hydrogen) atoms. The van der Waals surface area contributed by atoms with Crippen LogP contribution in [-0.2, 0) is 4.79 Å². The number of nitrogens with zero attached hydrogens (tertiary/aromatic N) is 2. The molecule has 0 bridgehead atoms. The minimum Gasteiger partial charge on any atom is -0.355 e. The minimum absolute atomic E-state index is 0.0247. The molecule has 1 unspecified atom stereocenters. The highest BCUT2D eigenvalue weighted by Gasteiger charge is 2.20. The van der Waals surface area contributed by atoms with Gasteiger partial charge >= 0.3 is 0 Å². The second-order valence-electron chi connectivity index (χ2n) is 6.91. The van der Waals surface area contributed by atoms with E-state index in [0.29, 0.717) is 28.5 Å². The molecule has 1 aromatic carbocycles. The molecule has 0 saturated carbocycles. The molecular weight excluding hydrogens is 334 g/mol. The van der Waals surface area contributed by atoms with E-state index in [2.05, 4.69) is 24.1 Å². The van der Waals surface area contributed by atoms with Crippen LogP contribution in [-0.4, -0.2) is 27.3 Å². The van der Waals surface area contributed by atoms with Crippen molar-refractivity contribution in [2.75, 3.05) is 6.54 Å². The van der Waals surface area contributed by atoms with Crippen molar-refractivity contribution in [1.29, 1.82) is 0 Å². The highest BCUT2D eigenvalue weighted by Crippen LogP contribution is 2.24. The monoisotopic (exact) mass is 361 g/mol. The number of carbonyl (C=O) groups is 1. The number of hydrogen-bond donors (Lipinski definition) is 1. The normalized spacial score (nSPS) is 12.8. The molecule has 136 valence electrons. The average Bonchev–Trinajstić information content (AvgIpc) is 2.54. The maximum absolute atomic E-state index is 12.8. The molecule has 0 fully saturated rings. The predicted molar refractivity (Wildman–Crippen MR) is 104 cm³/mol. The van der Waals surface area contributed by atoms with E-state index in [1.54, 1.807) is 10.6 Å². The van der Waals surface area contributed by atoms with Crippen molar-refractivity contribution in [1.82, 2.24) is 14.9 Å². The Kier molecular flexibility index (Phi) is 6.64. The molecule has 0 aliphatic carbocycles. The van der Waals surface area contributed by atoms with E-state index in [-0.39, 0.29) is 22.8 Å². The average molecular weight is 362 g/mol. The van der Waals surface area contributed by atoms with Gasteiger partial charge in [-0.25, -0.2) is 4.98 Å². The number of para-hydroxylation sites is 1. The molecule has 2 aromatic rings. The first kappa shape index (κ1) is 19.5. The van der Waals surface area contributed by atoms with E-state index in [0.717, 1.165) is 6.42 Å². The molecular formula is C19H27N3O2S. The summed E-state index contributed by atoms with van der Waals surface area (Å²) >= 11 is 1.33. The molecule has 0 saturated heterocycles. The third kappa shape index (κ3) is 4.84. The van der Waals surface area contributed by atoms with Gasteiger partial charge in [-0.2, -0.15) is 0 Å². The highest BCUT2D eigenvalue weighted by atomic mass is 32.2. The van der Waals surface area contributed by atoms with Gasteiger partial charge < -0.3 is 5.32 Å². The molecule has 0 aliphatic heterocycles. The van der Waals surface area contributed by atoms with Gasteiger partial charge in [-0.1, -0.05) is 37.7 Å². The summed E-state index contributed by atoms with van der Waals surface area (Å²) < 4.78 is 1.67. The van der Waals surface area contributed by atoms with Crippen LogP contribution in [0.15, 0.2) is 34.2 Å². The minimum atomic E-state index is -0.315. The van der Waals surface area contributed by atoms with Gasteiger partial charge in [0.05, 0.1) is 16.2 Å². The first-order valence-electron chi connectivity index (χ1n) is 8.77. The fourth-order valence-corrected chi connectivity index (χ4v) is 3.57. The number of aromatic nitrogens is 2. The smallest absolute Gasteiger partial charge is 0.262 e. The molecule has 1 aromatic heterocycles. The first-order chi connectivity index (χ1) is 11.8. The number of benzene rings is 1. The topological polar surface area (TPSA) is 64.0 Å². The van der Waals surface area contributed by atoms with Crippen molar-refractivity contribution in [2.45, 2.75) is 57.5 Å². The summed E-state index contributed by atoms with van der Waals surface area (Å²) in [6, 6.07) is 7.31. The van der Waals surface area contributed by atoms with Crippen LogP contribution in [0.2, 0.25) is 0 Å². The Hall–Kier alpha value is -1.82. The zero-order valence-corrected chi connectivity index (χ0v) is 16.4. The molecule has 5 nitrogen and oxygen atoms in total. The third-order valence-electron chi connectivity index (χ3n) is 3.96. The fraction of sp³-hybridized carbons (Fsp3) is 0.526. The zero-order chi connectivity index (χ0) is 18.6. The van der Waals surface area contributed by atoms with Crippen LogP contribution >= 0.6 is 11.8 Å². The molecule has 1 heterocycles. The lowest BCUT2D eigenvalue weighted by atomic mass is 10.1. The van der Waals surface area contributed by atoms with Gasteiger partial charge in [0.15, 0.2) is 5.16 Å². The number of fused-ring (bicyclic) bond motifs is 1. The van der Waals surface area contributed by atoms with E-state index in [4.69, 9.17) is 0 Å². The van der Waals surface area contributed by atoms with Gasteiger partial charge in [0.25, 0.3) is 5.56 Å². The number of amides is 1. The quantitative estimate of drug-likeness (QED) is 0.604. The lowest BCUT2D eigenvalue weighted by Gasteiger charge is -2.18. The zero-order valence-electron chi connectivity index (χ0n) is 15.6. The Bertz CT molecular complexity index is 799. The van der Waals surface area contributed by atoms with Crippen LogP contribution in [0.5, 0.6) is 0 Å². The van der Waals surface area contributed by atoms with E-state index in [9.17, 15) is 9.59 Å². The lowest BCUT2D eigenvalue weighted by Crippen LogP contribution is -2.33. The molecule has 1 amide bonds. The van der Waals surface area contributed by atoms with Crippen LogP contribution in [0.3, 0.4) is 0 Å². The Morgan fingerprint density at radius 1 is 1.20 bits per heavy atom. The van der Waals surface area contributed by atoms with E-state index < -0.39 is 0 Å². The number of rotatable bonds is 7. The van der Waals surface area contributed by atoms with Crippen molar-refractivity contribution in [3.05, 3.63) is 34.6 Å². The number of thioether (sulfide) groups is 1. The summed E-state index contributed by atoms with van der Waals surface area (Å²) in [4.78, 5) is 29.7. The Balaban J connectivity index is 2.26. The summed E-state index contributed by atoms with van der Waals surface area (Å²) in [7, 11) is 0. The number of carbonyl (C=O) groups excluding carboxylic acids is 1. The second kappa shape index (κ2) is 8.52. The van der Waals surface area contributed by atoms with Crippen LogP contribution in [0.4, 0.5) is 0 Å². The molecule has 1 atom stereocenters. The Morgan fingerprint density at radius 3 is 2.52 bits per heavy atom. The van der Waals surface area contributed by atoms with Gasteiger partial charge in [-0.3, -0.25) is 14.2 Å². The van der Waals surface area contributed by atoms with Crippen LogP contribution in [0.1, 0.15) is 47.1 Å². The van der Waals surface area contributed by atoms with Crippen molar-refractivity contribution in [3.8, 4) is 0 Å². The lowest BCUT2D eigenvalue weighted by molar-refractivity contribution is -0.120. The van der Waals surface area contributed by atoms with Crippen LogP contribution < -0.4 is 10.9 Å². The summed E-state index contributed by atoms with van der Waals surface area (Å²) in [6.45, 7) is 10.7. The van der Waals surface area contributed by atoms with E-state index in [1.807, 2.05) is 39.0 Å². The van der Waals surface area contributed by atoms with Crippen molar-refractivity contribution >= 4 is 28.6 Å². The number of hydrogen-bond acceptors (Lipinski definition) is 4. The van der Waals surface area contributed by atoms with Gasteiger partial charge in [0.2, 0.25) is 5.91 Å². The van der Waals surface area contributed by atoms with Gasteiger partial charge in [0, 0.05) is 12.6 Å². The Labute approximate surface area is 153 Å². The largest absolute Gasteiger partial charge is 0.355 e. The second-order valence-corrected chi connectivity index (χ2v) is 8.22. The highest BCUT2D eigenvalue weighted by molar-refractivity contribution is 8.00. The summed E-state index contributed by atoms with van der Waals surface area (Å²) in [5.74, 6) is 0.528. The molecule has 2 rings (SSSR count). The standard InChI is InChI=1S/C19H27N3O2S/c1-12(2)10-11-20-17(23)14(5)25-19-21-16-9-7-6-8-15(16)18(24)22(19)13(3)4/h6-9,12-14H,10-11H2,1-5H3,(H,20,23). The van der Waals surface area contributed by atoms with Crippen LogP contribution in [0, 0.1) is 5.92 Å². The van der Waals surface area contributed by atoms with Gasteiger partial charge in [-0.05, 0) is 45.2 Å². The summed E-state index contributed by atoms with van der Waals surface area (Å²) in [5.41, 5.74) is 0.606.